The van der Waals surface area contributed by atoms with Crippen LogP contribution in [0.25, 0.3) is 10.8 Å². The Labute approximate surface area is 165 Å². The molecular formula is C20H17N5O2S. The second kappa shape index (κ2) is 8.01. The van der Waals surface area contributed by atoms with Crippen LogP contribution in [0.15, 0.2) is 66.3 Å². The van der Waals surface area contributed by atoms with Gasteiger partial charge in [0, 0.05) is 18.1 Å². The number of para-hydroxylation sites is 1. The molecule has 1 amide bonds. The number of amides is 1. The zero-order valence-electron chi connectivity index (χ0n) is 15.1. The Bertz CT molecular complexity index is 1050. The van der Waals surface area contributed by atoms with E-state index in [1.54, 1.807) is 11.9 Å². The lowest BCUT2D eigenvalue weighted by atomic mass is 10.2. The predicted molar refractivity (Wildman–Crippen MR) is 108 cm³/mol. The van der Waals surface area contributed by atoms with E-state index in [1.165, 1.54) is 17.7 Å². The number of H-pyrrole nitrogens is 1. The number of rotatable bonds is 6. The van der Waals surface area contributed by atoms with Crippen molar-refractivity contribution in [3.63, 3.8) is 0 Å². The number of aromatic nitrogens is 4. The lowest BCUT2D eigenvalue weighted by Crippen LogP contribution is -2.27. The average molecular weight is 391 g/mol. The number of carbonyl (C=O) groups excluding carboxylic acids is 1. The van der Waals surface area contributed by atoms with Gasteiger partial charge in [-0.25, -0.2) is 9.97 Å². The fourth-order valence-electron chi connectivity index (χ4n) is 2.59. The predicted octanol–water partition coefficient (Wildman–Crippen LogP) is 3.93. The molecule has 0 saturated heterocycles. The van der Waals surface area contributed by atoms with Crippen LogP contribution in [0.4, 0.5) is 5.69 Å². The van der Waals surface area contributed by atoms with Gasteiger partial charge in [-0.1, -0.05) is 18.2 Å². The minimum atomic E-state index is -0.0499. The third kappa shape index (κ3) is 4.07. The van der Waals surface area contributed by atoms with Gasteiger partial charge in [-0.05, 0) is 36.4 Å². The standard InChI is InChI=1S/C20H17N5O2S/c1-25(15-7-9-17(10-8-15)27-16-5-3-2-4-6-16)18(26)11-14-12-28-20(23-14)19-21-13-22-24-19/h2-10,12-13H,11H2,1H3,(H,21,22,24). The molecule has 8 heteroatoms. The van der Waals surface area contributed by atoms with Crippen LogP contribution in [0.5, 0.6) is 11.5 Å². The Morgan fingerprint density at radius 2 is 1.86 bits per heavy atom. The SMILES string of the molecule is CN(C(=O)Cc1csc(-c2ncn[nH]2)n1)c1ccc(Oc2ccccc2)cc1. The minimum Gasteiger partial charge on any atom is -0.457 e. The van der Waals surface area contributed by atoms with E-state index in [4.69, 9.17) is 4.74 Å². The van der Waals surface area contributed by atoms with Crippen LogP contribution in [0, 0.1) is 0 Å². The molecule has 28 heavy (non-hydrogen) atoms. The van der Waals surface area contributed by atoms with Gasteiger partial charge in [0.05, 0.1) is 12.1 Å². The summed E-state index contributed by atoms with van der Waals surface area (Å²) >= 11 is 1.43. The Kier molecular flexibility index (Phi) is 5.11. The van der Waals surface area contributed by atoms with Crippen molar-refractivity contribution in [1.82, 2.24) is 20.2 Å². The number of ether oxygens (including phenoxy) is 1. The minimum absolute atomic E-state index is 0.0499. The first-order valence-electron chi connectivity index (χ1n) is 8.59. The summed E-state index contributed by atoms with van der Waals surface area (Å²) in [7, 11) is 1.75. The summed E-state index contributed by atoms with van der Waals surface area (Å²) in [6, 6.07) is 17.0. The smallest absolute Gasteiger partial charge is 0.232 e. The maximum Gasteiger partial charge on any atom is 0.232 e. The van der Waals surface area contributed by atoms with Gasteiger partial charge in [0.2, 0.25) is 5.91 Å². The molecule has 0 aliphatic carbocycles. The summed E-state index contributed by atoms with van der Waals surface area (Å²) in [6.07, 6.45) is 1.64. The highest BCUT2D eigenvalue weighted by Crippen LogP contribution is 2.25. The van der Waals surface area contributed by atoms with Crippen LogP contribution in [0.1, 0.15) is 5.69 Å². The molecule has 140 valence electrons. The highest BCUT2D eigenvalue weighted by molar-refractivity contribution is 7.13. The quantitative estimate of drug-likeness (QED) is 0.538. The first-order valence-corrected chi connectivity index (χ1v) is 9.46. The molecule has 0 saturated carbocycles. The molecule has 1 N–H and O–H groups in total. The number of anilines is 1. The first kappa shape index (κ1) is 17.9. The van der Waals surface area contributed by atoms with Gasteiger partial charge in [-0.15, -0.1) is 11.3 Å². The third-order valence-corrected chi connectivity index (χ3v) is 4.98. The topological polar surface area (TPSA) is 84.0 Å². The maximum absolute atomic E-state index is 12.6. The van der Waals surface area contributed by atoms with Crippen LogP contribution in [0.3, 0.4) is 0 Å². The molecule has 2 heterocycles. The number of nitrogens with one attached hydrogen (secondary N) is 1. The van der Waals surface area contributed by atoms with E-state index in [0.29, 0.717) is 22.3 Å². The molecule has 0 atom stereocenters. The number of carbonyl (C=O) groups is 1. The van der Waals surface area contributed by atoms with Crippen molar-refractivity contribution in [1.29, 1.82) is 0 Å². The highest BCUT2D eigenvalue weighted by atomic mass is 32.1. The van der Waals surface area contributed by atoms with Crippen LogP contribution >= 0.6 is 11.3 Å². The summed E-state index contributed by atoms with van der Waals surface area (Å²) in [5.74, 6) is 2.04. The summed E-state index contributed by atoms with van der Waals surface area (Å²) in [4.78, 5) is 22.7. The zero-order valence-corrected chi connectivity index (χ0v) is 15.9. The number of thiazole rings is 1. The molecule has 0 bridgehead atoms. The summed E-state index contributed by atoms with van der Waals surface area (Å²) in [6.45, 7) is 0. The highest BCUT2D eigenvalue weighted by Gasteiger charge is 2.15. The lowest BCUT2D eigenvalue weighted by molar-refractivity contribution is -0.117. The maximum atomic E-state index is 12.6. The van der Waals surface area contributed by atoms with E-state index in [2.05, 4.69) is 20.2 Å². The van der Waals surface area contributed by atoms with Crippen molar-refractivity contribution < 1.29 is 9.53 Å². The second-order valence-corrected chi connectivity index (χ2v) is 6.87. The van der Waals surface area contributed by atoms with Crippen molar-refractivity contribution in [2.75, 3.05) is 11.9 Å². The number of aromatic amines is 1. The van der Waals surface area contributed by atoms with E-state index < -0.39 is 0 Å². The summed E-state index contributed by atoms with van der Waals surface area (Å²) < 4.78 is 5.78. The van der Waals surface area contributed by atoms with Crippen molar-refractivity contribution in [3.05, 3.63) is 72.0 Å². The van der Waals surface area contributed by atoms with Crippen LogP contribution in [-0.2, 0) is 11.2 Å². The molecule has 0 aliphatic heterocycles. The average Bonchev–Trinajstić information content (AvgIpc) is 3.40. The molecule has 4 aromatic rings. The first-order chi connectivity index (χ1) is 13.7. The normalized spacial score (nSPS) is 10.6. The van der Waals surface area contributed by atoms with Gasteiger partial charge in [0.1, 0.15) is 17.8 Å². The number of benzene rings is 2. The molecule has 0 aliphatic rings. The second-order valence-electron chi connectivity index (χ2n) is 6.02. The third-order valence-electron chi connectivity index (χ3n) is 4.08. The summed E-state index contributed by atoms with van der Waals surface area (Å²) in [5.41, 5.74) is 1.49. The fourth-order valence-corrected chi connectivity index (χ4v) is 3.35. The molecule has 0 radical (unpaired) electrons. The van der Waals surface area contributed by atoms with Crippen molar-refractivity contribution in [3.8, 4) is 22.3 Å². The van der Waals surface area contributed by atoms with E-state index in [9.17, 15) is 4.79 Å². The van der Waals surface area contributed by atoms with E-state index >= 15 is 0 Å². The number of likely N-dealkylation sites (N-methyl/N-ethyl adjacent to an activating group) is 1. The molecule has 0 fully saturated rings. The Morgan fingerprint density at radius 1 is 1.11 bits per heavy atom. The molecule has 0 unspecified atom stereocenters. The Morgan fingerprint density at radius 3 is 2.57 bits per heavy atom. The van der Waals surface area contributed by atoms with Crippen molar-refractivity contribution in [2.45, 2.75) is 6.42 Å². The van der Waals surface area contributed by atoms with Gasteiger partial charge < -0.3 is 9.64 Å². The van der Waals surface area contributed by atoms with Gasteiger partial charge in [0.15, 0.2) is 10.8 Å². The number of nitrogens with zero attached hydrogens (tertiary/aromatic N) is 4. The largest absolute Gasteiger partial charge is 0.457 e. The van der Waals surface area contributed by atoms with Gasteiger partial charge in [0.25, 0.3) is 0 Å². The lowest BCUT2D eigenvalue weighted by Gasteiger charge is -2.17. The molecule has 7 nitrogen and oxygen atoms in total. The Hall–Kier alpha value is -3.52. The van der Waals surface area contributed by atoms with Gasteiger partial charge in [-0.2, -0.15) is 5.10 Å². The Balaban J connectivity index is 1.39. The molecular weight excluding hydrogens is 374 g/mol. The van der Waals surface area contributed by atoms with Crippen molar-refractivity contribution >= 4 is 22.9 Å². The van der Waals surface area contributed by atoms with Crippen LogP contribution in [0.2, 0.25) is 0 Å². The van der Waals surface area contributed by atoms with Gasteiger partial charge >= 0.3 is 0 Å². The molecule has 0 spiro atoms. The van der Waals surface area contributed by atoms with Crippen molar-refractivity contribution in [2.24, 2.45) is 0 Å². The molecule has 2 aromatic carbocycles. The van der Waals surface area contributed by atoms with Crippen LogP contribution < -0.4 is 9.64 Å². The van der Waals surface area contributed by atoms with E-state index in [1.807, 2.05) is 60.0 Å². The molecule has 4 rings (SSSR count). The molecule has 2 aromatic heterocycles. The number of hydrogen-bond acceptors (Lipinski definition) is 6. The van der Waals surface area contributed by atoms with E-state index in [-0.39, 0.29) is 12.3 Å². The van der Waals surface area contributed by atoms with Crippen LogP contribution in [-0.4, -0.2) is 33.1 Å². The summed E-state index contributed by atoms with van der Waals surface area (Å²) in [5, 5.41) is 9.16. The number of hydrogen-bond donors (Lipinski definition) is 1. The van der Waals surface area contributed by atoms with Gasteiger partial charge in [-0.3, -0.25) is 9.89 Å². The monoisotopic (exact) mass is 391 g/mol. The zero-order chi connectivity index (χ0) is 19.3. The fraction of sp³-hybridized carbons (Fsp3) is 0.100. The van der Waals surface area contributed by atoms with E-state index in [0.717, 1.165) is 11.4 Å².